The molecule has 1 aromatic rings. The van der Waals surface area contributed by atoms with Crippen molar-refractivity contribution >= 4 is 17.3 Å². The van der Waals surface area contributed by atoms with Crippen LogP contribution in [-0.2, 0) is 4.74 Å². The van der Waals surface area contributed by atoms with Gasteiger partial charge in [0.25, 0.3) is 5.91 Å². The lowest BCUT2D eigenvalue weighted by molar-refractivity contribution is 0.0827. The average molecular weight is 263 g/mol. The molecule has 0 saturated carbocycles. The molecule has 1 fully saturated rings. The van der Waals surface area contributed by atoms with Crippen LogP contribution in [0.25, 0.3) is 0 Å². The third-order valence-corrected chi connectivity index (χ3v) is 3.51. The predicted octanol–water partition coefficient (Wildman–Crippen LogP) is 1.40. The van der Waals surface area contributed by atoms with Gasteiger partial charge in [0.05, 0.1) is 6.10 Å². The summed E-state index contributed by atoms with van der Waals surface area (Å²) in [6, 6.07) is 4.90. The van der Waals surface area contributed by atoms with E-state index in [2.05, 4.69) is 12.2 Å². The summed E-state index contributed by atoms with van der Waals surface area (Å²) in [5.74, 6) is 0.258. The van der Waals surface area contributed by atoms with Gasteiger partial charge in [-0.05, 0) is 31.0 Å². The molecule has 1 heterocycles. The first-order valence-electron chi connectivity index (χ1n) is 6.66. The van der Waals surface area contributed by atoms with Gasteiger partial charge in [-0.3, -0.25) is 4.79 Å². The van der Waals surface area contributed by atoms with Crippen LogP contribution in [0.3, 0.4) is 0 Å². The molecule has 1 aliphatic heterocycles. The molecule has 2 rings (SSSR count). The van der Waals surface area contributed by atoms with Crippen LogP contribution in [-0.4, -0.2) is 25.2 Å². The Balaban J connectivity index is 1.94. The van der Waals surface area contributed by atoms with Crippen LogP contribution in [0, 0.1) is 5.92 Å². The second kappa shape index (κ2) is 5.93. The molecular weight excluding hydrogens is 242 g/mol. The zero-order chi connectivity index (χ0) is 13.8. The number of anilines is 2. The van der Waals surface area contributed by atoms with Crippen molar-refractivity contribution in [1.29, 1.82) is 0 Å². The van der Waals surface area contributed by atoms with Gasteiger partial charge in [0.2, 0.25) is 0 Å². The quantitative estimate of drug-likeness (QED) is 0.716. The lowest BCUT2D eigenvalue weighted by atomic mass is 9.99. The molecule has 104 valence electrons. The smallest absolute Gasteiger partial charge is 0.251 e. The summed E-state index contributed by atoms with van der Waals surface area (Å²) in [4.78, 5) is 12.0. The minimum absolute atomic E-state index is 0.138. The molecule has 5 nitrogen and oxygen atoms in total. The highest BCUT2D eigenvalue weighted by molar-refractivity contribution is 5.96. The van der Waals surface area contributed by atoms with E-state index >= 15 is 0 Å². The Morgan fingerprint density at radius 3 is 2.68 bits per heavy atom. The second-order valence-corrected chi connectivity index (χ2v) is 4.96. The van der Waals surface area contributed by atoms with Crippen molar-refractivity contribution in [2.24, 2.45) is 5.92 Å². The number of carbonyl (C=O) groups excluding carboxylic acids is 1. The molecule has 5 N–H and O–H groups in total. The average Bonchev–Trinajstić information content (AvgIpc) is 2.82. The van der Waals surface area contributed by atoms with E-state index in [-0.39, 0.29) is 12.0 Å². The summed E-state index contributed by atoms with van der Waals surface area (Å²) < 4.78 is 5.60. The van der Waals surface area contributed by atoms with Gasteiger partial charge < -0.3 is 21.5 Å². The number of hydrogen-bond donors (Lipinski definition) is 3. The minimum atomic E-state index is -0.138. The van der Waals surface area contributed by atoms with Crippen LogP contribution in [0.5, 0.6) is 0 Å². The Morgan fingerprint density at radius 1 is 1.37 bits per heavy atom. The first-order chi connectivity index (χ1) is 9.10. The highest BCUT2D eigenvalue weighted by Gasteiger charge is 2.26. The number of ether oxygens (including phenoxy) is 1. The highest BCUT2D eigenvalue weighted by atomic mass is 16.5. The van der Waals surface area contributed by atoms with Gasteiger partial charge in [-0.1, -0.05) is 6.92 Å². The van der Waals surface area contributed by atoms with Crippen LogP contribution in [0.4, 0.5) is 11.4 Å². The molecule has 0 bridgehead atoms. The van der Waals surface area contributed by atoms with Gasteiger partial charge in [-0.2, -0.15) is 0 Å². The Hall–Kier alpha value is -1.75. The molecule has 1 aromatic carbocycles. The van der Waals surface area contributed by atoms with Crippen molar-refractivity contribution in [2.75, 3.05) is 24.6 Å². The number of nitrogen functional groups attached to an aromatic ring is 2. The molecule has 1 saturated heterocycles. The monoisotopic (exact) mass is 263 g/mol. The van der Waals surface area contributed by atoms with Gasteiger partial charge in [0.1, 0.15) is 0 Å². The first kappa shape index (κ1) is 13.7. The lowest BCUT2D eigenvalue weighted by Crippen LogP contribution is -2.32. The Labute approximate surface area is 113 Å². The number of nitrogens with one attached hydrogen (secondary N) is 1. The van der Waals surface area contributed by atoms with Crippen LogP contribution in [0.2, 0.25) is 0 Å². The fourth-order valence-corrected chi connectivity index (χ4v) is 2.51. The highest BCUT2D eigenvalue weighted by Crippen LogP contribution is 2.22. The topological polar surface area (TPSA) is 90.4 Å². The van der Waals surface area contributed by atoms with Crippen molar-refractivity contribution in [3.05, 3.63) is 23.8 Å². The third kappa shape index (κ3) is 3.38. The Morgan fingerprint density at radius 2 is 2.05 bits per heavy atom. The zero-order valence-electron chi connectivity index (χ0n) is 11.2. The standard InChI is InChI=1S/C14H21N3O2/c1-2-13-9(3-4-19-13)8-17-14(18)10-5-11(15)7-12(16)6-10/h5-7,9,13H,2-4,8,15-16H2,1H3,(H,17,18). The van der Waals surface area contributed by atoms with Gasteiger partial charge in [0, 0.05) is 36.0 Å². The molecule has 0 radical (unpaired) electrons. The molecule has 1 amide bonds. The Kier molecular flexibility index (Phi) is 4.27. The predicted molar refractivity (Wildman–Crippen MR) is 75.7 cm³/mol. The fraction of sp³-hybridized carbons (Fsp3) is 0.500. The largest absolute Gasteiger partial charge is 0.399 e. The van der Waals surface area contributed by atoms with E-state index in [1.807, 2.05) is 0 Å². The van der Waals surface area contributed by atoms with Gasteiger partial charge in [-0.15, -0.1) is 0 Å². The van der Waals surface area contributed by atoms with Crippen molar-refractivity contribution in [2.45, 2.75) is 25.9 Å². The van der Waals surface area contributed by atoms with Crippen LogP contribution >= 0.6 is 0 Å². The molecule has 1 aliphatic rings. The minimum Gasteiger partial charge on any atom is -0.399 e. The number of amides is 1. The van der Waals surface area contributed by atoms with Crippen molar-refractivity contribution < 1.29 is 9.53 Å². The van der Waals surface area contributed by atoms with Crippen molar-refractivity contribution in [3.63, 3.8) is 0 Å². The molecule has 2 unspecified atom stereocenters. The normalized spacial score (nSPS) is 22.4. The SMILES string of the molecule is CCC1OCCC1CNC(=O)c1cc(N)cc(N)c1. The number of rotatable bonds is 4. The molecule has 0 aliphatic carbocycles. The van der Waals surface area contributed by atoms with E-state index in [1.54, 1.807) is 18.2 Å². The maximum Gasteiger partial charge on any atom is 0.251 e. The van der Waals surface area contributed by atoms with Gasteiger partial charge in [0.15, 0.2) is 0 Å². The maximum atomic E-state index is 12.0. The molecular formula is C14H21N3O2. The van der Waals surface area contributed by atoms with E-state index < -0.39 is 0 Å². The lowest BCUT2D eigenvalue weighted by Gasteiger charge is -2.17. The number of nitrogens with two attached hydrogens (primary N) is 2. The Bertz CT molecular complexity index is 442. The zero-order valence-corrected chi connectivity index (χ0v) is 11.2. The summed E-state index contributed by atoms with van der Waals surface area (Å²) >= 11 is 0. The van der Waals surface area contributed by atoms with Crippen LogP contribution in [0.1, 0.15) is 30.1 Å². The summed E-state index contributed by atoms with van der Waals surface area (Å²) in [6.07, 6.45) is 2.23. The van der Waals surface area contributed by atoms with E-state index in [4.69, 9.17) is 16.2 Å². The van der Waals surface area contributed by atoms with Gasteiger partial charge >= 0.3 is 0 Å². The maximum absolute atomic E-state index is 12.0. The van der Waals surface area contributed by atoms with Crippen molar-refractivity contribution in [3.8, 4) is 0 Å². The number of benzene rings is 1. The summed E-state index contributed by atoms with van der Waals surface area (Å²) in [5, 5.41) is 2.93. The summed E-state index contributed by atoms with van der Waals surface area (Å²) in [5.41, 5.74) is 12.9. The van der Waals surface area contributed by atoms with E-state index in [1.165, 1.54) is 0 Å². The van der Waals surface area contributed by atoms with Crippen molar-refractivity contribution in [1.82, 2.24) is 5.32 Å². The van der Waals surface area contributed by atoms with E-state index in [9.17, 15) is 4.79 Å². The van der Waals surface area contributed by atoms with Gasteiger partial charge in [-0.25, -0.2) is 0 Å². The third-order valence-electron chi connectivity index (χ3n) is 3.51. The molecule has 5 heteroatoms. The molecule has 0 spiro atoms. The molecule has 19 heavy (non-hydrogen) atoms. The summed E-state index contributed by atoms with van der Waals surface area (Å²) in [6.45, 7) is 3.51. The number of hydrogen-bond acceptors (Lipinski definition) is 4. The fourth-order valence-electron chi connectivity index (χ4n) is 2.51. The summed E-state index contributed by atoms with van der Waals surface area (Å²) in [7, 11) is 0. The molecule has 0 aromatic heterocycles. The second-order valence-electron chi connectivity index (χ2n) is 4.96. The molecule has 2 atom stereocenters. The van der Waals surface area contributed by atoms with Crippen LogP contribution in [0.15, 0.2) is 18.2 Å². The van der Waals surface area contributed by atoms with Crippen LogP contribution < -0.4 is 16.8 Å². The van der Waals surface area contributed by atoms with E-state index in [0.717, 1.165) is 19.4 Å². The first-order valence-corrected chi connectivity index (χ1v) is 6.66. The van der Waals surface area contributed by atoms with E-state index in [0.29, 0.717) is 29.4 Å². The number of carbonyl (C=O) groups is 1.